The molecule has 0 aliphatic rings. The summed E-state index contributed by atoms with van der Waals surface area (Å²) in [6.45, 7) is 0.870. The summed E-state index contributed by atoms with van der Waals surface area (Å²) < 4.78 is 29.6. The minimum Gasteiger partial charge on any atom is -0.492 e. The summed E-state index contributed by atoms with van der Waals surface area (Å²) in [7, 11) is -3.20. The van der Waals surface area contributed by atoms with E-state index in [1.165, 1.54) is 17.1 Å². The SMILES string of the molecule is CS(=O)(=O)c1cnn(CCOc2ccc(N)cc2)c1. The monoisotopic (exact) mass is 281 g/mol. The van der Waals surface area contributed by atoms with Crippen LogP contribution in [-0.2, 0) is 16.4 Å². The number of nitrogens with zero attached hydrogens (tertiary/aromatic N) is 2. The second-order valence-corrected chi connectivity index (χ2v) is 6.14. The number of hydrogen-bond acceptors (Lipinski definition) is 5. The topological polar surface area (TPSA) is 87.2 Å². The normalized spacial score (nSPS) is 11.4. The third kappa shape index (κ3) is 3.72. The summed E-state index contributed by atoms with van der Waals surface area (Å²) in [5.74, 6) is 0.713. The molecule has 0 atom stereocenters. The van der Waals surface area contributed by atoms with Crippen LogP contribution in [0, 0.1) is 0 Å². The fraction of sp³-hybridized carbons (Fsp3) is 0.250. The van der Waals surface area contributed by atoms with E-state index >= 15 is 0 Å². The molecule has 0 aliphatic heterocycles. The Morgan fingerprint density at radius 3 is 2.58 bits per heavy atom. The average Bonchev–Trinajstić information content (AvgIpc) is 2.80. The number of nitrogens with two attached hydrogens (primary N) is 1. The maximum Gasteiger partial charge on any atom is 0.178 e. The van der Waals surface area contributed by atoms with E-state index in [9.17, 15) is 8.42 Å². The van der Waals surface area contributed by atoms with E-state index in [1.807, 2.05) is 0 Å². The molecule has 0 radical (unpaired) electrons. The Morgan fingerprint density at radius 1 is 1.32 bits per heavy atom. The molecular weight excluding hydrogens is 266 g/mol. The maximum absolute atomic E-state index is 11.3. The van der Waals surface area contributed by atoms with Crippen LogP contribution in [0.5, 0.6) is 5.75 Å². The first-order valence-electron chi connectivity index (χ1n) is 5.66. The van der Waals surface area contributed by atoms with Crippen molar-refractivity contribution in [2.75, 3.05) is 18.6 Å². The van der Waals surface area contributed by atoms with Gasteiger partial charge in [0.1, 0.15) is 17.3 Å². The minimum atomic E-state index is -3.20. The van der Waals surface area contributed by atoms with Crippen LogP contribution >= 0.6 is 0 Å². The van der Waals surface area contributed by atoms with Crippen LogP contribution in [0.15, 0.2) is 41.6 Å². The van der Waals surface area contributed by atoms with Crippen molar-refractivity contribution in [2.24, 2.45) is 0 Å². The molecule has 0 saturated heterocycles. The van der Waals surface area contributed by atoms with Gasteiger partial charge in [-0.05, 0) is 24.3 Å². The van der Waals surface area contributed by atoms with Crippen molar-refractivity contribution in [1.29, 1.82) is 0 Å². The Kier molecular flexibility index (Phi) is 3.75. The number of nitrogen functional groups attached to an aromatic ring is 1. The van der Waals surface area contributed by atoms with Crippen molar-refractivity contribution in [3.8, 4) is 5.75 Å². The van der Waals surface area contributed by atoms with Gasteiger partial charge in [0.2, 0.25) is 0 Å². The van der Waals surface area contributed by atoms with E-state index < -0.39 is 9.84 Å². The van der Waals surface area contributed by atoms with E-state index in [0.717, 1.165) is 6.26 Å². The van der Waals surface area contributed by atoms with Gasteiger partial charge in [0.05, 0.1) is 12.7 Å². The first kappa shape index (κ1) is 13.4. The van der Waals surface area contributed by atoms with Gasteiger partial charge in [-0.15, -0.1) is 0 Å². The van der Waals surface area contributed by atoms with Crippen LogP contribution in [0.2, 0.25) is 0 Å². The molecular formula is C12H15N3O3S. The number of benzene rings is 1. The van der Waals surface area contributed by atoms with E-state index in [-0.39, 0.29) is 4.90 Å². The van der Waals surface area contributed by atoms with Crippen LogP contribution in [0.25, 0.3) is 0 Å². The maximum atomic E-state index is 11.3. The van der Waals surface area contributed by atoms with Gasteiger partial charge in [0, 0.05) is 18.1 Å². The Balaban J connectivity index is 1.89. The molecule has 0 unspecified atom stereocenters. The molecule has 1 aromatic heterocycles. The molecule has 1 aromatic carbocycles. The highest BCUT2D eigenvalue weighted by atomic mass is 32.2. The molecule has 0 amide bonds. The second kappa shape index (κ2) is 5.31. The molecule has 7 heteroatoms. The lowest BCUT2D eigenvalue weighted by atomic mass is 10.3. The lowest BCUT2D eigenvalue weighted by Crippen LogP contribution is -2.08. The van der Waals surface area contributed by atoms with Crippen LogP contribution in [0.1, 0.15) is 0 Å². The fourth-order valence-corrected chi connectivity index (χ4v) is 2.03. The molecule has 2 N–H and O–H groups in total. The van der Waals surface area contributed by atoms with Crippen LogP contribution in [0.4, 0.5) is 5.69 Å². The second-order valence-electron chi connectivity index (χ2n) is 4.13. The van der Waals surface area contributed by atoms with Crippen LogP contribution < -0.4 is 10.5 Å². The third-order valence-electron chi connectivity index (χ3n) is 2.51. The van der Waals surface area contributed by atoms with Gasteiger partial charge < -0.3 is 10.5 Å². The lowest BCUT2D eigenvalue weighted by molar-refractivity contribution is 0.291. The van der Waals surface area contributed by atoms with Crippen molar-refractivity contribution in [3.63, 3.8) is 0 Å². The number of ether oxygens (including phenoxy) is 1. The molecule has 19 heavy (non-hydrogen) atoms. The minimum absolute atomic E-state index is 0.208. The van der Waals surface area contributed by atoms with Crippen molar-refractivity contribution < 1.29 is 13.2 Å². The fourth-order valence-electron chi connectivity index (χ4n) is 1.48. The molecule has 0 bridgehead atoms. The van der Waals surface area contributed by atoms with Crippen LogP contribution in [0.3, 0.4) is 0 Å². The number of sulfone groups is 1. The van der Waals surface area contributed by atoms with Gasteiger partial charge >= 0.3 is 0 Å². The molecule has 6 nitrogen and oxygen atoms in total. The quantitative estimate of drug-likeness (QED) is 0.824. The van der Waals surface area contributed by atoms with Gasteiger partial charge in [-0.1, -0.05) is 0 Å². The Bertz CT molecular complexity index is 647. The molecule has 102 valence electrons. The summed E-state index contributed by atoms with van der Waals surface area (Å²) in [6, 6.07) is 7.07. The summed E-state index contributed by atoms with van der Waals surface area (Å²) in [6.07, 6.45) is 3.97. The molecule has 2 rings (SSSR count). The van der Waals surface area contributed by atoms with Crippen molar-refractivity contribution >= 4 is 15.5 Å². The zero-order valence-corrected chi connectivity index (χ0v) is 11.3. The molecule has 0 spiro atoms. The molecule has 0 fully saturated rings. The summed E-state index contributed by atoms with van der Waals surface area (Å²) >= 11 is 0. The largest absolute Gasteiger partial charge is 0.492 e. The lowest BCUT2D eigenvalue weighted by Gasteiger charge is -2.06. The first-order chi connectivity index (χ1) is 8.95. The van der Waals surface area contributed by atoms with Gasteiger partial charge in [-0.3, -0.25) is 4.68 Å². The molecule has 0 aliphatic carbocycles. The van der Waals surface area contributed by atoms with Gasteiger partial charge in [-0.25, -0.2) is 8.42 Å². The van der Waals surface area contributed by atoms with Crippen LogP contribution in [-0.4, -0.2) is 31.1 Å². The average molecular weight is 281 g/mol. The summed E-state index contributed by atoms with van der Waals surface area (Å²) in [5, 5.41) is 3.97. The van der Waals surface area contributed by atoms with Crippen molar-refractivity contribution in [1.82, 2.24) is 9.78 Å². The number of hydrogen-bond donors (Lipinski definition) is 1. The first-order valence-corrected chi connectivity index (χ1v) is 7.55. The predicted octanol–water partition coefficient (Wildman–Crippen LogP) is 0.948. The predicted molar refractivity (Wildman–Crippen MR) is 71.7 cm³/mol. The zero-order valence-electron chi connectivity index (χ0n) is 10.5. The number of anilines is 1. The van der Waals surface area contributed by atoms with E-state index in [4.69, 9.17) is 10.5 Å². The number of rotatable bonds is 5. The standard InChI is InChI=1S/C12H15N3O3S/c1-19(16,17)12-8-14-15(9-12)6-7-18-11-4-2-10(13)3-5-11/h2-5,8-9H,6-7,13H2,1H3. The van der Waals surface area contributed by atoms with E-state index in [2.05, 4.69) is 5.10 Å². The van der Waals surface area contributed by atoms with E-state index in [0.29, 0.717) is 24.6 Å². The zero-order chi connectivity index (χ0) is 13.9. The highest BCUT2D eigenvalue weighted by Gasteiger charge is 2.09. The van der Waals surface area contributed by atoms with Crippen molar-refractivity contribution in [3.05, 3.63) is 36.7 Å². The highest BCUT2D eigenvalue weighted by Crippen LogP contribution is 2.13. The smallest absolute Gasteiger partial charge is 0.178 e. The Morgan fingerprint density at radius 2 is 2.00 bits per heavy atom. The van der Waals surface area contributed by atoms with Gasteiger partial charge in [0.25, 0.3) is 0 Å². The molecule has 1 heterocycles. The Hall–Kier alpha value is -2.02. The van der Waals surface area contributed by atoms with Crippen molar-refractivity contribution in [2.45, 2.75) is 11.4 Å². The van der Waals surface area contributed by atoms with Gasteiger partial charge in [-0.2, -0.15) is 5.10 Å². The van der Waals surface area contributed by atoms with Gasteiger partial charge in [0.15, 0.2) is 9.84 Å². The molecule has 0 saturated carbocycles. The molecule has 2 aromatic rings. The summed E-state index contributed by atoms with van der Waals surface area (Å²) in [5.41, 5.74) is 6.24. The Labute approximate surface area is 111 Å². The summed E-state index contributed by atoms with van der Waals surface area (Å²) in [4.78, 5) is 0.208. The number of aromatic nitrogens is 2. The highest BCUT2D eigenvalue weighted by molar-refractivity contribution is 7.90. The third-order valence-corrected chi connectivity index (χ3v) is 3.57. The van der Waals surface area contributed by atoms with E-state index in [1.54, 1.807) is 24.3 Å².